The zero-order valence-electron chi connectivity index (χ0n) is 11.9. The fourth-order valence-corrected chi connectivity index (χ4v) is 3.30. The molecule has 0 aromatic heterocycles. The van der Waals surface area contributed by atoms with Crippen LogP contribution in [0.3, 0.4) is 0 Å². The molecule has 1 N–H and O–H groups in total. The van der Waals surface area contributed by atoms with E-state index in [1.807, 2.05) is 0 Å². The van der Waals surface area contributed by atoms with E-state index in [-0.39, 0.29) is 5.56 Å². The summed E-state index contributed by atoms with van der Waals surface area (Å²) in [5.41, 5.74) is -0.897. The van der Waals surface area contributed by atoms with Crippen molar-refractivity contribution in [2.45, 2.75) is 43.9 Å². The second-order valence-corrected chi connectivity index (χ2v) is 5.78. The van der Waals surface area contributed by atoms with Crippen LogP contribution in [0.2, 0.25) is 0 Å². The van der Waals surface area contributed by atoms with E-state index in [9.17, 15) is 14.3 Å². The Morgan fingerprint density at radius 2 is 1.67 bits per heavy atom. The summed E-state index contributed by atoms with van der Waals surface area (Å²) < 4.78 is 25.5. The molecular formula is C16H19FO4. The summed E-state index contributed by atoms with van der Waals surface area (Å²) in [6.07, 6.45) is 4.29. The topological polar surface area (TPSA) is 55.8 Å². The van der Waals surface area contributed by atoms with Gasteiger partial charge >= 0.3 is 5.97 Å². The van der Waals surface area contributed by atoms with Crippen LogP contribution in [0.25, 0.3) is 0 Å². The molecule has 1 aromatic rings. The largest absolute Gasteiger partial charge is 0.490 e. The van der Waals surface area contributed by atoms with Crippen LogP contribution < -0.4 is 9.47 Å². The number of carboxylic acid groups (broad SMARTS) is 1. The van der Waals surface area contributed by atoms with Gasteiger partial charge in [-0.15, -0.1) is 0 Å². The predicted octanol–water partition coefficient (Wildman–Crippen LogP) is 3.27. The first-order valence-electron chi connectivity index (χ1n) is 7.46. The molecule has 5 heteroatoms. The molecule has 1 saturated carbocycles. The summed E-state index contributed by atoms with van der Waals surface area (Å²) in [5.74, 6) is -0.640. The Labute approximate surface area is 122 Å². The van der Waals surface area contributed by atoms with Gasteiger partial charge in [0.05, 0.1) is 18.6 Å². The highest BCUT2D eigenvalue weighted by molar-refractivity contribution is 5.82. The fourth-order valence-electron chi connectivity index (χ4n) is 3.30. The van der Waals surface area contributed by atoms with E-state index < -0.39 is 17.2 Å². The Balaban J connectivity index is 2.07. The molecule has 4 nitrogen and oxygen atoms in total. The number of halogens is 1. The van der Waals surface area contributed by atoms with E-state index >= 15 is 0 Å². The van der Waals surface area contributed by atoms with Crippen molar-refractivity contribution >= 4 is 5.97 Å². The third kappa shape index (κ3) is 2.45. The third-order valence-electron chi connectivity index (χ3n) is 4.47. The van der Waals surface area contributed by atoms with E-state index in [4.69, 9.17) is 9.47 Å². The van der Waals surface area contributed by atoms with Gasteiger partial charge in [0, 0.05) is 18.1 Å². The lowest BCUT2D eigenvalue weighted by Gasteiger charge is -2.34. The Bertz CT molecular complexity index is 549. The van der Waals surface area contributed by atoms with Crippen LogP contribution in [-0.2, 0) is 10.2 Å². The normalized spacial score (nSPS) is 20.6. The summed E-state index contributed by atoms with van der Waals surface area (Å²) in [6, 6.07) is 2.81. The van der Waals surface area contributed by atoms with Gasteiger partial charge in [-0.1, -0.05) is 19.3 Å². The first-order chi connectivity index (χ1) is 10.1. The summed E-state index contributed by atoms with van der Waals surface area (Å²) in [4.78, 5) is 11.8. The average Bonchev–Trinajstić information content (AvgIpc) is 2.71. The minimum atomic E-state index is -1.13. The summed E-state index contributed by atoms with van der Waals surface area (Å²) in [7, 11) is 0. The van der Waals surface area contributed by atoms with Crippen LogP contribution in [-0.4, -0.2) is 24.3 Å². The number of fused-ring (bicyclic) bond motifs is 1. The highest BCUT2D eigenvalue weighted by atomic mass is 19.1. The van der Waals surface area contributed by atoms with Crippen molar-refractivity contribution in [1.82, 2.24) is 0 Å². The zero-order valence-corrected chi connectivity index (χ0v) is 11.9. The maximum atomic E-state index is 14.5. The average molecular weight is 294 g/mol. The van der Waals surface area contributed by atoms with Crippen molar-refractivity contribution in [2.24, 2.45) is 0 Å². The van der Waals surface area contributed by atoms with Gasteiger partial charge in [-0.2, -0.15) is 0 Å². The Kier molecular flexibility index (Phi) is 3.74. The zero-order chi connectivity index (χ0) is 14.9. The molecule has 2 aliphatic rings. The number of hydrogen-bond acceptors (Lipinski definition) is 3. The fraction of sp³-hybridized carbons (Fsp3) is 0.562. The van der Waals surface area contributed by atoms with E-state index in [1.54, 1.807) is 0 Å². The van der Waals surface area contributed by atoms with Gasteiger partial charge in [0.2, 0.25) is 0 Å². The van der Waals surface area contributed by atoms with Crippen LogP contribution in [0.1, 0.15) is 44.1 Å². The first kappa shape index (κ1) is 14.2. The molecule has 0 radical (unpaired) electrons. The molecule has 0 saturated heterocycles. The van der Waals surface area contributed by atoms with Crippen molar-refractivity contribution < 1.29 is 23.8 Å². The van der Waals surface area contributed by atoms with Gasteiger partial charge in [0.15, 0.2) is 11.5 Å². The SMILES string of the molecule is O=C(O)C1(c2cc3c(cc2F)OCCCO3)CCCCC1. The van der Waals surface area contributed by atoms with E-state index in [0.29, 0.717) is 37.6 Å². The highest BCUT2D eigenvalue weighted by Crippen LogP contribution is 2.44. The number of carboxylic acids is 1. The van der Waals surface area contributed by atoms with Crippen LogP contribution in [0.5, 0.6) is 11.5 Å². The molecule has 0 unspecified atom stereocenters. The molecule has 1 fully saturated rings. The molecule has 3 rings (SSSR count). The monoisotopic (exact) mass is 294 g/mol. The molecule has 0 amide bonds. The second kappa shape index (κ2) is 5.54. The number of hydrogen-bond donors (Lipinski definition) is 1. The van der Waals surface area contributed by atoms with Gasteiger partial charge in [0.1, 0.15) is 5.82 Å². The molecule has 1 heterocycles. The van der Waals surface area contributed by atoms with Crippen molar-refractivity contribution in [3.63, 3.8) is 0 Å². The molecular weight excluding hydrogens is 275 g/mol. The number of benzene rings is 1. The van der Waals surface area contributed by atoms with Crippen LogP contribution in [0, 0.1) is 5.82 Å². The lowest BCUT2D eigenvalue weighted by Crippen LogP contribution is -2.38. The van der Waals surface area contributed by atoms with E-state index in [0.717, 1.165) is 25.7 Å². The summed E-state index contributed by atoms with van der Waals surface area (Å²) >= 11 is 0. The third-order valence-corrected chi connectivity index (χ3v) is 4.47. The van der Waals surface area contributed by atoms with Crippen molar-refractivity contribution in [1.29, 1.82) is 0 Å². The van der Waals surface area contributed by atoms with Gasteiger partial charge in [-0.05, 0) is 18.9 Å². The summed E-state index contributed by atoms with van der Waals surface area (Å²) in [6.45, 7) is 0.980. The van der Waals surface area contributed by atoms with Crippen LogP contribution >= 0.6 is 0 Å². The van der Waals surface area contributed by atoms with E-state index in [1.165, 1.54) is 12.1 Å². The Hall–Kier alpha value is -1.78. The molecule has 0 atom stereocenters. The lowest BCUT2D eigenvalue weighted by atomic mass is 9.69. The minimum Gasteiger partial charge on any atom is -0.490 e. The predicted molar refractivity (Wildman–Crippen MR) is 74.4 cm³/mol. The van der Waals surface area contributed by atoms with Crippen molar-refractivity contribution in [3.8, 4) is 11.5 Å². The lowest BCUT2D eigenvalue weighted by molar-refractivity contribution is -0.145. The molecule has 1 aromatic carbocycles. The Morgan fingerprint density at radius 3 is 2.29 bits per heavy atom. The maximum absolute atomic E-state index is 14.5. The Morgan fingerprint density at radius 1 is 1.05 bits per heavy atom. The van der Waals surface area contributed by atoms with Gasteiger partial charge < -0.3 is 14.6 Å². The number of aliphatic carboxylic acids is 1. The molecule has 0 bridgehead atoms. The standard InChI is InChI=1S/C16H19FO4/c17-12-10-14-13(20-7-4-8-21-14)9-11(12)16(15(18)19)5-2-1-3-6-16/h9-10H,1-8H2,(H,18,19). The molecule has 114 valence electrons. The molecule has 1 aliphatic heterocycles. The number of carbonyl (C=O) groups is 1. The molecule has 0 spiro atoms. The number of rotatable bonds is 2. The second-order valence-electron chi connectivity index (χ2n) is 5.78. The van der Waals surface area contributed by atoms with Gasteiger partial charge in [-0.3, -0.25) is 4.79 Å². The maximum Gasteiger partial charge on any atom is 0.314 e. The van der Waals surface area contributed by atoms with Gasteiger partial charge in [0.25, 0.3) is 0 Å². The van der Waals surface area contributed by atoms with Crippen molar-refractivity contribution in [2.75, 3.05) is 13.2 Å². The quantitative estimate of drug-likeness (QED) is 0.909. The summed E-state index contributed by atoms with van der Waals surface area (Å²) in [5, 5.41) is 9.69. The molecule has 1 aliphatic carbocycles. The van der Waals surface area contributed by atoms with Crippen LogP contribution in [0.4, 0.5) is 4.39 Å². The van der Waals surface area contributed by atoms with Crippen molar-refractivity contribution in [3.05, 3.63) is 23.5 Å². The molecule has 21 heavy (non-hydrogen) atoms. The first-order valence-corrected chi connectivity index (χ1v) is 7.46. The van der Waals surface area contributed by atoms with Crippen LogP contribution in [0.15, 0.2) is 12.1 Å². The van der Waals surface area contributed by atoms with Gasteiger partial charge in [-0.25, -0.2) is 4.39 Å². The number of ether oxygens (including phenoxy) is 2. The smallest absolute Gasteiger partial charge is 0.314 e. The van der Waals surface area contributed by atoms with E-state index in [2.05, 4.69) is 0 Å². The highest BCUT2D eigenvalue weighted by Gasteiger charge is 2.43. The minimum absolute atomic E-state index is 0.235.